The zero-order valence-corrected chi connectivity index (χ0v) is 16.5. The van der Waals surface area contributed by atoms with Gasteiger partial charge in [0.1, 0.15) is 17.7 Å². The number of benzene rings is 1. The predicted molar refractivity (Wildman–Crippen MR) is 97.8 cm³/mol. The summed E-state index contributed by atoms with van der Waals surface area (Å²) < 4.78 is 46.7. The van der Waals surface area contributed by atoms with E-state index in [1.54, 1.807) is 13.8 Å². The molecule has 2 rings (SSSR count). The van der Waals surface area contributed by atoms with E-state index in [-0.39, 0.29) is 23.4 Å². The van der Waals surface area contributed by atoms with E-state index in [1.165, 1.54) is 12.1 Å². The molecule has 9 heteroatoms. The second kappa shape index (κ2) is 7.90. The lowest BCUT2D eigenvalue weighted by Crippen LogP contribution is -2.49. The van der Waals surface area contributed by atoms with Crippen LogP contribution in [0.15, 0.2) is 24.5 Å². The van der Waals surface area contributed by atoms with Crippen molar-refractivity contribution in [3.63, 3.8) is 0 Å². The van der Waals surface area contributed by atoms with Crippen LogP contribution in [-0.4, -0.2) is 26.8 Å². The van der Waals surface area contributed by atoms with Crippen LogP contribution in [0.3, 0.4) is 0 Å². The third kappa shape index (κ3) is 4.70. The van der Waals surface area contributed by atoms with Gasteiger partial charge in [-0.2, -0.15) is 18.6 Å². The molecule has 1 aromatic carbocycles. The maximum absolute atomic E-state index is 15.0. The molecule has 0 amide bonds. The molecule has 6 nitrogen and oxygen atoms in total. The third-order valence-corrected chi connectivity index (χ3v) is 3.98. The smallest absolute Gasteiger partial charge is 0.335 e. The zero-order chi connectivity index (χ0) is 21.3. The van der Waals surface area contributed by atoms with Crippen LogP contribution in [-0.2, 0) is 15.1 Å². The van der Waals surface area contributed by atoms with Crippen molar-refractivity contribution in [2.45, 2.75) is 59.2 Å². The Morgan fingerprint density at radius 1 is 1.29 bits per heavy atom. The molecule has 1 aromatic heterocycles. The van der Waals surface area contributed by atoms with E-state index in [0.717, 1.165) is 12.4 Å². The summed E-state index contributed by atoms with van der Waals surface area (Å²) in [5.41, 5.74) is 4.25. The van der Waals surface area contributed by atoms with Crippen LogP contribution in [0.2, 0.25) is 0 Å². The summed E-state index contributed by atoms with van der Waals surface area (Å²) in [5.74, 6) is -1.75. The summed E-state index contributed by atoms with van der Waals surface area (Å²) in [4.78, 5) is 16.5. The number of carbonyl (C=O) groups is 1. The fourth-order valence-electron chi connectivity index (χ4n) is 3.05. The molecule has 1 heterocycles. The summed E-state index contributed by atoms with van der Waals surface area (Å²) in [6, 6.07) is 3.71. The van der Waals surface area contributed by atoms with E-state index in [0.29, 0.717) is 4.68 Å². The standard InChI is InChI=1S/C19H25F3N4O2/c1-11(2)28-16(27)19(23,9-18(3,4)5)13-7-6-12(8-14(13)20)15-24-10-25-26(15)17(21)22/h6-8,10-11,17H,9,23H2,1-5H3. The number of aromatic nitrogens is 3. The zero-order valence-electron chi connectivity index (χ0n) is 16.5. The lowest BCUT2D eigenvalue weighted by atomic mass is 9.76. The van der Waals surface area contributed by atoms with Crippen molar-refractivity contribution < 1.29 is 22.7 Å². The summed E-state index contributed by atoms with van der Waals surface area (Å²) in [5, 5.41) is 3.44. The van der Waals surface area contributed by atoms with Gasteiger partial charge in [0.2, 0.25) is 0 Å². The topological polar surface area (TPSA) is 83.0 Å². The molecule has 154 valence electrons. The van der Waals surface area contributed by atoms with Crippen molar-refractivity contribution in [3.8, 4) is 11.4 Å². The Morgan fingerprint density at radius 2 is 1.93 bits per heavy atom. The number of esters is 1. The minimum absolute atomic E-state index is 0.0695. The fourth-order valence-corrected chi connectivity index (χ4v) is 3.05. The van der Waals surface area contributed by atoms with E-state index in [2.05, 4.69) is 10.1 Å². The Labute approximate surface area is 161 Å². The summed E-state index contributed by atoms with van der Waals surface area (Å²) in [6.45, 7) is 6.03. The molecule has 1 unspecified atom stereocenters. The molecule has 28 heavy (non-hydrogen) atoms. The summed E-state index contributed by atoms with van der Waals surface area (Å²) >= 11 is 0. The van der Waals surface area contributed by atoms with Gasteiger partial charge in [0, 0.05) is 11.1 Å². The van der Waals surface area contributed by atoms with Crippen LogP contribution < -0.4 is 5.73 Å². The highest BCUT2D eigenvalue weighted by Crippen LogP contribution is 2.36. The number of halogens is 3. The van der Waals surface area contributed by atoms with Gasteiger partial charge in [-0.05, 0) is 31.7 Å². The lowest BCUT2D eigenvalue weighted by molar-refractivity contribution is -0.156. The Morgan fingerprint density at radius 3 is 2.43 bits per heavy atom. The maximum Gasteiger partial charge on any atom is 0.335 e. The van der Waals surface area contributed by atoms with Crippen molar-refractivity contribution in [1.29, 1.82) is 0 Å². The van der Waals surface area contributed by atoms with Crippen molar-refractivity contribution in [3.05, 3.63) is 35.9 Å². The Kier molecular flexibility index (Phi) is 6.18. The molecule has 2 N–H and O–H groups in total. The van der Waals surface area contributed by atoms with E-state index >= 15 is 4.39 Å². The molecule has 0 saturated heterocycles. The molecule has 1 atom stereocenters. The minimum Gasteiger partial charge on any atom is -0.461 e. The van der Waals surface area contributed by atoms with Gasteiger partial charge in [0.05, 0.1) is 6.10 Å². The number of rotatable bonds is 6. The van der Waals surface area contributed by atoms with Crippen LogP contribution in [0.1, 0.15) is 53.2 Å². The second-order valence-electron chi connectivity index (χ2n) is 8.16. The lowest BCUT2D eigenvalue weighted by Gasteiger charge is -2.34. The molecule has 0 fully saturated rings. The predicted octanol–water partition coefficient (Wildman–Crippen LogP) is 4.02. The van der Waals surface area contributed by atoms with E-state index in [4.69, 9.17) is 10.5 Å². The van der Waals surface area contributed by atoms with Crippen molar-refractivity contribution in [2.75, 3.05) is 0 Å². The average Bonchev–Trinajstić information content (AvgIpc) is 3.02. The second-order valence-corrected chi connectivity index (χ2v) is 8.16. The molecular weight excluding hydrogens is 373 g/mol. The first kappa shape index (κ1) is 21.9. The maximum atomic E-state index is 15.0. The monoisotopic (exact) mass is 398 g/mol. The summed E-state index contributed by atoms with van der Waals surface area (Å²) in [6.07, 6.45) is 0.650. The van der Waals surface area contributed by atoms with E-state index < -0.39 is 35.4 Å². The first-order valence-electron chi connectivity index (χ1n) is 8.83. The normalized spacial score (nSPS) is 14.4. The number of hydrogen-bond acceptors (Lipinski definition) is 5. The number of alkyl halides is 2. The van der Waals surface area contributed by atoms with Crippen molar-refractivity contribution >= 4 is 5.97 Å². The Hall–Kier alpha value is -2.42. The highest BCUT2D eigenvalue weighted by Gasteiger charge is 2.43. The highest BCUT2D eigenvalue weighted by atomic mass is 19.3. The van der Waals surface area contributed by atoms with Crippen LogP contribution in [0.5, 0.6) is 0 Å². The van der Waals surface area contributed by atoms with Gasteiger partial charge in [-0.1, -0.05) is 32.9 Å². The van der Waals surface area contributed by atoms with Gasteiger partial charge in [-0.3, -0.25) is 0 Å². The fraction of sp³-hybridized carbons (Fsp3) is 0.526. The minimum atomic E-state index is -2.92. The van der Waals surface area contributed by atoms with E-state index in [9.17, 15) is 13.6 Å². The molecule has 0 saturated carbocycles. The van der Waals surface area contributed by atoms with Crippen LogP contribution >= 0.6 is 0 Å². The van der Waals surface area contributed by atoms with Crippen molar-refractivity contribution in [2.24, 2.45) is 11.1 Å². The molecule has 0 bridgehead atoms. The largest absolute Gasteiger partial charge is 0.461 e. The highest BCUT2D eigenvalue weighted by molar-refractivity contribution is 5.83. The number of ether oxygens (including phenoxy) is 1. The van der Waals surface area contributed by atoms with Crippen LogP contribution in [0, 0.1) is 11.2 Å². The molecule has 0 aliphatic heterocycles. The molecular formula is C19H25F3N4O2. The molecule has 0 aliphatic rings. The van der Waals surface area contributed by atoms with Gasteiger partial charge in [0.25, 0.3) is 0 Å². The first-order chi connectivity index (χ1) is 12.8. The van der Waals surface area contributed by atoms with E-state index in [1.807, 2.05) is 20.8 Å². The Balaban J connectivity index is 2.53. The molecule has 0 aliphatic carbocycles. The van der Waals surface area contributed by atoms with Gasteiger partial charge in [-0.15, -0.1) is 0 Å². The average molecular weight is 398 g/mol. The van der Waals surface area contributed by atoms with Crippen LogP contribution in [0.4, 0.5) is 13.2 Å². The van der Waals surface area contributed by atoms with Gasteiger partial charge in [0.15, 0.2) is 5.82 Å². The Bertz CT molecular complexity index is 846. The van der Waals surface area contributed by atoms with Gasteiger partial charge < -0.3 is 10.5 Å². The van der Waals surface area contributed by atoms with Crippen molar-refractivity contribution in [1.82, 2.24) is 14.8 Å². The molecule has 0 radical (unpaired) electrons. The van der Waals surface area contributed by atoms with Gasteiger partial charge >= 0.3 is 12.5 Å². The SMILES string of the molecule is CC(C)OC(=O)C(N)(CC(C)(C)C)c1ccc(-c2ncnn2C(F)F)cc1F. The third-order valence-electron chi connectivity index (χ3n) is 3.98. The summed E-state index contributed by atoms with van der Waals surface area (Å²) in [7, 11) is 0. The number of hydrogen-bond donors (Lipinski definition) is 1. The number of nitrogens with zero attached hydrogens (tertiary/aromatic N) is 3. The van der Waals surface area contributed by atoms with Gasteiger partial charge in [-0.25, -0.2) is 14.2 Å². The number of carbonyl (C=O) groups excluding carboxylic acids is 1. The molecule has 2 aromatic rings. The molecule has 0 spiro atoms. The quantitative estimate of drug-likeness (QED) is 0.743. The first-order valence-corrected chi connectivity index (χ1v) is 8.83. The van der Waals surface area contributed by atoms with Crippen LogP contribution in [0.25, 0.3) is 11.4 Å². The number of nitrogens with two attached hydrogens (primary N) is 1.